The maximum absolute atomic E-state index is 12.9. The average Bonchev–Trinajstić information content (AvgIpc) is 3.14. The van der Waals surface area contributed by atoms with Crippen molar-refractivity contribution < 1.29 is 39.8 Å². The number of hydrogen-bond acceptors (Lipinski definition) is 8. The SMILES string of the molecule is CCCC/C=C/CC/C=C/CC/C=C/C(O)C(COC1OC(CO)C(O)C(O)C1O)NC(=O)CCCCCCCCCCCCCCCCCCC. The Morgan fingerprint density at radius 3 is 1.60 bits per heavy atom. The summed E-state index contributed by atoms with van der Waals surface area (Å²) in [5.74, 6) is -0.192. The Bertz CT molecular complexity index is 910. The Morgan fingerprint density at radius 1 is 0.635 bits per heavy atom. The van der Waals surface area contributed by atoms with Crippen molar-refractivity contribution in [2.24, 2.45) is 0 Å². The van der Waals surface area contributed by atoms with Crippen LogP contribution in [0.2, 0.25) is 0 Å². The third kappa shape index (κ3) is 24.7. The van der Waals surface area contributed by atoms with Gasteiger partial charge in [0.25, 0.3) is 0 Å². The van der Waals surface area contributed by atoms with Crippen LogP contribution >= 0.6 is 0 Å². The Morgan fingerprint density at radius 2 is 1.10 bits per heavy atom. The van der Waals surface area contributed by atoms with Crippen LogP contribution in [0.4, 0.5) is 0 Å². The molecule has 1 heterocycles. The first-order valence-corrected chi connectivity index (χ1v) is 21.2. The van der Waals surface area contributed by atoms with Gasteiger partial charge >= 0.3 is 0 Å². The number of carbonyl (C=O) groups is 1. The van der Waals surface area contributed by atoms with Gasteiger partial charge in [0, 0.05) is 6.42 Å². The Balaban J connectivity index is 2.40. The van der Waals surface area contributed by atoms with Crippen molar-refractivity contribution in [1.82, 2.24) is 5.32 Å². The molecule has 1 fully saturated rings. The predicted octanol–water partition coefficient (Wildman–Crippen LogP) is 8.11. The van der Waals surface area contributed by atoms with E-state index < -0.39 is 49.5 Å². The minimum atomic E-state index is -1.57. The molecule has 6 N–H and O–H groups in total. The fourth-order valence-corrected chi connectivity index (χ4v) is 6.47. The number of rotatable bonds is 34. The molecule has 7 unspecified atom stereocenters. The Hall–Kier alpha value is -1.59. The summed E-state index contributed by atoms with van der Waals surface area (Å²) in [5.41, 5.74) is 0. The van der Waals surface area contributed by atoms with Gasteiger partial charge in [0.2, 0.25) is 5.91 Å². The standard InChI is InChI=1S/C43H79NO8/c1-3-5-7-9-11-13-15-17-18-19-20-21-23-25-27-29-31-33-39(47)44-36(35-51-43-42(50)41(49)40(48)38(34-45)52-43)37(46)32-30-28-26-24-22-16-14-12-10-8-6-4-2/h10,12,22,24,30,32,36-38,40-43,45-46,48-50H,3-9,11,13-21,23,25-29,31,33-35H2,1-2H3,(H,44,47)/b12-10+,24-22+,32-30+. The fraction of sp³-hybridized carbons (Fsp3) is 0.837. The molecule has 9 nitrogen and oxygen atoms in total. The highest BCUT2D eigenvalue weighted by atomic mass is 16.7. The van der Waals surface area contributed by atoms with Crippen LogP contribution in [-0.2, 0) is 14.3 Å². The summed E-state index contributed by atoms with van der Waals surface area (Å²) in [5, 5.41) is 54.0. The number of allylic oxidation sites excluding steroid dienone is 5. The third-order valence-corrected chi connectivity index (χ3v) is 9.95. The number of carbonyl (C=O) groups excluding carboxylic acids is 1. The minimum Gasteiger partial charge on any atom is -0.394 e. The first kappa shape index (κ1) is 48.4. The van der Waals surface area contributed by atoms with Crippen LogP contribution in [0.15, 0.2) is 36.5 Å². The van der Waals surface area contributed by atoms with Crippen molar-refractivity contribution in [3.8, 4) is 0 Å². The van der Waals surface area contributed by atoms with Gasteiger partial charge in [-0.2, -0.15) is 0 Å². The molecule has 0 bridgehead atoms. The zero-order chi connectivity index (χ0) is 38.1. The van der Waals surface area contributed by atoms with Crippen molar-refractivity contribution in [3.63, 3.8) is 0 Å². The first-order valence-electron chi connectivity index (χ1n) is 21.2. The van der Waals surface area contributed by atoms with Crippen LogP contribution in [0.25, 0.3) is 0 Å². The van der Waals surface area contributed by atoms with Gasteiger partial charge in [0.05, 0.1) is 25.4 Å². The summed E-state index contributed by atoms with van der Waals surface area (Å²) < 4.78 is 11.2. The van der Waals surface area contributed by atoms with E-state index in [1.54, 1.807) is 6.08 Å². The van der Waals surface area contributed by atoms with E-state index >= 15 is 0 Å². The molecule has 0 aliphatic carbocycles. The zero-order valence-corrected chi connectivity index (χ0v) is 33.1. The first-order chi connectivity index (χ1) is 25.3. The fourth-order valence-electron chi connectivity index (χ4n) is 6.47. The van der Waals surface area contributed by atoms with E-state index in [-0.39, 0.29) is 12.5 Å². The van der Waals surface area contributed by atoms with Gasteiger partial charge in [-0.05, 0) is 38.5 Å². The monoisotopic (exact) mass is 738 g/mol. The Labute approximate surface area is 317 Å². The summed E-state index contributed by atoms with van der Waals surface area (Å²) in [4.78, 5) is 12.9. The van der Waals surface area contributed by atoms with Crippen LogP contribution in [0.5, 0.6) is 0 Å². The second kappa shape index (κ2) is 33.9. The smallest absolute Gasteiger partial charge is 0.220 e. The largest absolute Gasteiger partial charge is 0.394 e. The molecule has 0 radical (unpaired) electrons. The minimum absolute atomic E-state index is 0.192. The van der Waals surface area contributed by atoms with Gasteiger partial charge in [-0.3, -0.25) is 4.79 Å². The lowest BCUT2D eigenvalue weighted by atomic mass is 9.99. The van der Waals surface area contributed by atoms with Crippen LogP contribution in [0, 0.1) is 0 Å². The summed E-state index contributed by atoms with van der Waals surface area (Å²) in [6.45, 7) is 3.69. The highest BCUT2D eigenvalue weighted by Gasteiger charge is 2.44. The predicted molar refractivity (Wildman–Crippen MR) is 212 cm³/mol. The second-order valence-corrected chi connectivity index (χ2v) is 14.8. The molecule has 1 aliphatic rings. The lowest BCUT2D eigenvalue weighted by Crippen LogP contribution is -2.60. The maximum Gasteiger partial charge on any atom is 0.220 e. The lowest BCUT2D eigenvalue weighted by molar-refractivity contribution is -0.302. The topological polar surface area (TPSA) is 149 Å². The second-order valence-electron chi connectivity index (χ2n) is 14.8. The van der Waals surface area contributed by atoms with Crippen LogP contribution in [-0.4, -0.2) is 87.5 Å². The molecule has 9 heteroatoms. The number of unbranched alkanes of at least 4 members (excludes halogenated alkanes) is 20. The maximum atomic E-state index is 12.9. The number of hydrogen-bond donors (Lipinski definition) is 6. The van der Waals surface area contributed by atoms with Crippen molar-refractivity contribution >= 4 is 5.91 Å². The van der Waals surface area contributed by atoms with Gasteiger partial charge in [-0.1, -0.05) is 166 Å². The van der Waals surface area contributed by atoms with Crippen molar-refractivity contribution in [2.45, 2.75) is 217 Å². The molecule has 0 aromatic carbocycles. The van der Waals surface area contributed by atoms with Gasteiger partial charge < -0.3 is 40.3 Å². The molecule has 1 rings (SSSR count). The molecule has 1 aliphatic heterocycles. The molecule has 52 heavy (non-hydrogen) atoms. The van der Waals surface area contributed by atoms with E-state index in [9.17, 15) is 30.3 Å². The third-order valence-electron chi connectivity index (χ3n) is 9.95. The van der Waals surface area contributed by atoms with E-state index in [1.165, 1.54) is 103 Å². The van der Waals surface area contributed by atoms with E-state index in [0.717, 1.165) is 51.4 Å². The van der Waals surface area contributed by atoms with Gasteiger partial charge in [0.1, 0.15) is 24.4 Å². The highest BCUT2D eigenvalue weighted by molar-refractivity contribution is 5.76. The van der Waals surface area contributed by atoms with Crippen LogP contribution in [0.3, 0.4) is 0 Å². The van der Waals surface area contributed by atoms with E-state index in [0.29, 0.717) is 6.42 Å². The van der Waals surface area contributed by atoms with Crippen molar-refractivity contribution in [1.29, 1.82) is 0 Å². The average molecular weight is 738 g/mol. The molecule has 0 spiro atoms. The van der Waals surface area contributed by atoms with Crippen molar-refractivity contribution in [3.05, 3.63) is 36.5 Å². The lowest BCUT2D eigenvalue weighted by Gasteiger charge is -2.40. The molecule has 1 saturated heterocycles. The molecule has 0 aromatic rings. The molecule has 304 valence electrons. The van der Waals surface area contributed by atoms with Gasteiger partial charge in [-0.15, -0.1) is 0 Å². The number of amides is 1. The number of aliphatic hydroxyl groups excluding tert-OH is 5. The van der Waals surface area contributed by atoms with Crippen LogP contribution in [0.1, 0.15) is 174 Å². The molecule has 7 atom stereocenters. The van der Waals surface area contributed by atoms with E-state index in [2.05, 4.69) is 43.5 Å². The van der Waals surface area contributed by atoms with Gasteiger partial charge in [0.15, 0.2) is 6.29 Å². The summed E-state index contributed by atoms with van der Waals surface area (Å²) >= 11 is 0. The van der Waals surface area contributed by atoms with E-state index in [4.69, 9.17) is 9.47 Å². The molecule has 1 amide bonds. The zero-order valence-electron chi connectivity index (χ0n) is 33.1. The quantitative estimate of drug-likeness (QED) is 0.0287. The van der Waals surface area contributed by atoms with E-state index in [1.807, 2.05) is 6.08 Å². The van der Waals surface area contributed by atoms with Crippen molar-refractivity contribution in [2.75, 3.05) is 13.2 Å². The van der Waals surface area contributed by atoms with Crippen LogP contribution < -0.4 is 5.32 Å². The highest BCUT2D eigenvalue weighted by Crippen LogP contribution is 2.22. The normalized spacial score (nSPS) is 22.2. The van der Waals surface area contributed by atoms with Gasteiger partial charge in [-0.25, -0.2) is 0 Å². The molecular weight excluding hydrogens is 658 g/mol. The number of aliphatic hydroxyl groups is 5. The molecule has 0 aromatic heterocycles. The number of ether oxygens (including phenoxy) is 2. The molecular formula is C43H79NO8. The Kier molecular flexibility index (Phi) is 31.6. The summed E-state index contributed by atoms with van der Waals surface area (Å²) in [6.07, 6.45) is 33.3. The number of nitrogens with one attached hydrogen (secondary N) is 1. The summed E-state index contributed by atoms with van der Waals surface area (Å²) in [6, 6.07) is -0.822. The summed E-state index contributed by atoms with van der Waals surface area (Å²) in [7, 11) is 0. The molecule has 0 saturated carbocycles.